The lowest BCUT2D eigenvalue weighted by atomic mass is 9.84. The number of rotatable bonds is 6. The first-order valence-electron chi connectivity index (χ1n) is 4.73. The molecule has 0 aliphatic carbocycles. The van der Waals surface area contributed by atoms with E-state index in [1.165, 1.54) is 0 Å². The number of carbonyl (C=O) groups excluding carboxylic acids is 2. The monoisotopic (exact) mass is 201 g/mol. The van der Waals surface area contributed by atoms with Crippen LogP contribution >= 0.6 is 0 Å². The van der Waals surface area contributed by atoms with Gasteiger partial charge in [0.2, 0.25) is 0 Å². The Morgan fingerprint density at radius 1 is 1.36 bits per heavy atom. The zero-order valence-corrected chi connectivity index (χ0v) is 8.96. The van der Waals surface area contributed by atoms with Crippen molar-refractivity contribution in [2.24, 2.45) is 5.41 Å². The number of ether oxygens (including phenoxy) is 1. The number of carboxylic acid groups (broad SMARTS) is 1. The highest BCUT2D eigenvalue weighted by molar-refractivity contribution is 5.70. The van der Waals surface area contributed by atoms with Crippen LogP contribution in [0.15, 0.2) is 0 Å². The highest BCUT2D eigenvalue weighted by Gasteiger charge is 2.22. The Balaban J connectivity index is 3.93. The van der Waals surface area contributed by atoms with E-state index in [0.717, 1.165) is 0 Å². The van der Waals surface area contributed by atoms with Gasteiger partial charge in [0, 0.05) is 5.97 Å². The van der Waals surface area contributed by atoms with Gasteiger partial charge in [-0.15, -0.1) is 0 Å². The molecule has 0 aromatic rings. The Kier molecular flexibility index (Phi) is 5.20. The molecule has 0 atom stereocenters. The summed E-state index contributed by atoms with van der Waals surface area (Å²) < 4.78 is 4.78. The van der Waals surface area contributed by atoms with Crippen molar-refractivity contribution in [3.63, 3.8) is 0 Å². The minimum Gasteiger partial charge on any atom is -0.550 e. The van der Waals surface area contributed by atoms with Gasteiger partial charge in [0.1, 0.15) is 0 Å². The van der Waals surface area contributed by atoms with Gasteiger partial charge in [0.05, 0.1) is 13.0 Å². The average Bonchev–Trinajstić information content (AvgIpc) is 2.00. The van der Waals surface area contributed by atoms with E-state index in [-0.39, 0.29) is 24.2 Å². The largest absolute Gasteiger partial charge is 0.550 e. The molecule has 0 unspecified atom stereocenters. The fourth-order valence-electron chi connectivity index (χ4n) is 1.13. The molecule has 0 aromatic heterocycles. The van der Waals surface area contributed by atoms with Gasteiger partial charge in [0.15, 0.2) is 0 Å². The van der Waals surface area contributed by atoms with Crippen molar-refractivity contribution in [2.75, 3.05) is 6.61 Å². The van der Waals surface area contributed by atoms with Gasteiger partial charge < -0.3 is 14.6 Å². The number of hydrogen-bond acceptors (Lipinski definition) is 4. The zero-order valence-electron chi connectivity index (χ0n) is 8.96. The van der Waals surface area contributed by atoms with Crippen molar-refractivity contribution in [1.82, 2.24) is 0 Å². The predicted octanol–water partition coefficient (Wildman–Crippen LogP) is 0.496. The van der Waals surface area contributed by atoms with Crippen LogP contribution in [-0.4, -0.2) is 18.5 Å². The molecule has 0 bridgehead atoms. The van der Waals surface area contributed by atoms with E-state index < -0.39 is 5.97 Å². The van der Waals surface area contributed by atoms with Crippen LogP contribution in [0.25, 0.3) is 0 Å². The fraction of sp³-hybridized carbons (Fsp3) is 0.800. The predicted molar refractivity (Wildman–Crippen MR) is 49.3 cm³/mol. The van der Waals surface area contributed by atoms with Crippen LogP contribution < -0.4 is 5.11 Å². The minimum atomic E-state index is -1.08. The summed E-state index contributed by atoms with van der Waals surface area (Å²) in [6.45, 7) is 5.78. The Hall–Kier alpha value is -1.06. The second kappa shape index (κ2) is 5.62. The van der Waals surface area contributed by atoms with Gasteiger partial charge in [0.25, 0.3) is 0 Å². The third-order valence-corrected chi connectivity index (χ3v) is 1.93. The van der Waals surface area contributed by atoms with Crippen LogP contribution in [0.5, 0.6) is 0 Å². The normalized spacial score (nSPS) is 11.1. The molecule has 0 amide bonds. The van der Waals surface area contributed by atoms with Crippen LogP contribution in [0.2, 0.25) is 0 Å². The summed E-state index contributed by atoms with van der Waals surface area (Å²) in [7, 11) is 0. The second-order valence-electron chi connectivity index (χ2n) is 4.02. The highest BCUT2D eigenvalue weighted by Crippen LogP contribution is 2.26. The summed E-state index contributed by atoms with van der Waals surface area (Å²) in [5.41, 5.74) is -0.341. The van der Waals surface area contributed by atoms with E-state index >= 15 is 0 Å². The molecule has 4 heteroatoms. The molecule has 0 rings (SSSR count). The molecule has 0 fully saturated rings. The zero-order chi connectivity index (χ0) is 11.2. The molecular formula is C10H17O4-. The highest BCUT2D eigenvalue weighted by atomic mass is 16.5. The van der Waals surface area contributed by atoms with Crippen molar-refractivity contribution in [3.8, 4) is 0 Å². The van der Waals surface area contributed by atoms with E-state index in [1.807, 2.05) is 13.8 Å². The number of carbonyl (C=O) groups is 2. The van der Waals surface area contributed by atoms with Gasteiger partial charge in [-0.2, -0.15) is 0 Å². The van der Waals surface area contributed by atoms with Crippen molar-refractivity contribution >= 4 is 11.9 Å². The van der Waals surface area contributed by atoms with Crippen LogP contribution in [0.4, 0.5) is 0 Å². The Morgan fingerprint density at radius 3 is 2.36 bits per heavy atom. The number of hydrogen-bond donors (Lipinski definition) is 0. The van der Waals surface area contributed by atoms with E-state index in [0.29, 0.717) is 13.0 Å². The first kappa shape index (κ1) is 12.9. The maximum absolute atomic E-state index is 11.1. The van der Waals surface area contributed by atoms with Gasteiger partial charge in [-0.3, -0.25) is 4.79 Å². The minimum absolute atomic E-state index is 0.0214. The Bertz CT molecular complexity index is 208. The summed E-state index contributed by atoms with van der Waals surface area (Å²) in [5.74, 6) is -1.36. The smallest absolute Gasteiger partial charge is 0.306 e. The lowest BCUT2D eigenvalue weighted by Gasteiger charge is -2.23. The van der Waals surface area contributed by atoms with Crippen LogP contribution in [0.3, 0.4) is 0 Å². The molecule has 0 aromatic carbocycles. The quantitative estimate of drug-likeness (QED) is 0.587. The molecule has 0 N–H and O–H groups in total. The van der Waals surface area contributed by atoms with Crippen LogP contribution in [0.1, 0.15) is 40.0 Å². The van der Waals surface area contributed by atoms with Crippen molar-refractivity contribution in [1.29, 1.82) is 0 Å². The van der Waals surface area contributed by atoms with Crippen molar-refractivity contribution < 1.29 is 19.4 Å². The summed E-state index contributed by atoms with van der Waals surface area (Å²) in [5, 5.41) is 10.2. The van der Waals surface area contributed by atoms with E-state index in [4.69, 9.17) is 4.74 Å². The van der Waals surface area contributed by atoms with Crippen LogP contribution in [-0.2, 0) is 14.3 Å². The molecule has 14 heavy (non-hydrogen) atoms. The second-order valence-corrected chi connectivity index (χ2v) is 4.02. The molecule has 0 spiro atoms. The van der Waals surface area contributed by atoms with Crippen molar-refractivity contribution in [3.05, 3.63) is 0 Å². The van der Waals surface area contributed by atoms with Gasteiger partial charge in [-0.1, -0.05) is 13.8 Å². The Labute approximate surface area is 84.3 Å². The van der Waals surface area contributed by atoms with E-state index in [1.54, 1.807) is 6.92 Å². The van der Waals surface area contributed by atoms with Crippen LogP contribution in [0, 0.1) is 5.41 Å². The SMILES string of the molecule is CCOC(=O)CC(C)(C)CCC(=O)[O-]. The molecular weight excluding hydrogens is 184 g/mol. The van der Waals surface area contributed by atoms with Gasteiger partial charge in [-0.05, 0) is 25.2 Å². The van der Waals surface area contributed by atoms with E-state index in [9.17, 15) is 14.7 Å². The summed E-state index contributed by atoms with van der Waals surface area (Å²) >= 11 is 0. The lowest BCUT2D eigenvalue weighted by Crippen LogP contribution is -2.26. The molecule has 0 saturated heterocycles. The molecule has 0 radical (unpaired) electrons. The average molecular weight is 201 g/mol. The molecule has 0 aliphatic rings. The number of esters is 1. The third-order valence-electron chi connectivity index (χ3n) is 1.93. The summed E-state index contributed by atoms with van der Waals surface area (Å²) in [6, 6.07) is 0. The standard InChI is InChI=1S/C10H18O4/c1-4-14-9(13)7-10(2,3)6-5-8(11)12/h4-7H2,1-3H3,(H,11,12)/p-1. The fourth-order valence-corrected chi connectivity index (χ4v) is 1.13. The van der Waals surface area contributed by atoms with E-state index in [2.05, 4.69) is 0 Å². The summed E-state index contributed by atoms with van der Waals surface area (Å²) in [4.78, 5) is 21.3. The Morgan fingerprint density at radius 2 is 1.93 bits per heavy atom. The maximum Gasteiger partial charge on any atom is 0.306 e. The topological polar surface area (TPSA) is 66.4 Å². The molecule has 0 aliphatic heterocycles. The van der Waals surface area contributed by atoms with Crippen molar-refractivity contribution in [2.45, 2.75) is 40.0 Å². The third kappa shape index (κ3) is 6.46. The molecule has 82 valence electrons. The summed E-state index contributed by atoms with van der Waals surface area (Å²) in [6.07, 6.45) is 0.647. The van der Waals surface area contributed by atoms with Gasteiger partial charge >= 0.3 is 5.97 Å². The first-order chi connectivity index (χ1) is 6.37. The number of aliphatic carboxylic acids is 1. The lowest BCUT2D eigenvalue weighted by molar-refractivity contribution is -0.306. The number of carboxylic acids is 1. The maximum atomic E-state index is 11.1. The molecule has 0 saturated carbocycles. The molecule has 0 heterocycles. The van der Waals surface area contributed by atoms with Gasteiger partial charge in [-0.25, -0.2) is 0 Å². The molecule has 4 nitrogen and oxygen atoms in total. The first-order valence-corrected chi connectivity index (χ1v) is 4.73.